The summed E-state index contributed by atoms with van der Waals surface area (Å²) >= 11 is 1.81. The van der Waals surface area contributed by atoms with Crippen LogP contribution in [0.1, 0.15) is 16.0 Å². The van der Waals surface area contributed by atoms with Gasteiger partial charge in [-0.15, -0.1) is 35.3 Å². The summed E-state index contributed by atoms with van der Waals surface area (Å²) in [5.74, 6) is 0.938. The number of hydrogen-bond acceptors (Lipinski definition) is 2. The van der Waals surface area contributed by atoms with Gasteiger partial charge in [-0.25, -0.2) is 0 Å². The average molecular weight is 429 g/mol. The molecule has 1 heterocycles. The van der Waals surface area contributed by atoms with Gasteiger partial charge in [0.25, 0.3) is 0 Å². The first-order valence-corrected chi connectivity index (χ1v) is 8.06. The van der Waals surface area contributed by atoms with Crippen molar-refractivity contribution in [3.05, 3.63) is 57.8 Å². The van der Waals surface area contributed by atoms with Crippen LogP contribution in [-0.2, 0) is 13.0 Å². The predicted molar refractivity (Wildman–Crippen MR) is 107 cm³/mol. The molecule has 0 aliphatic rings. The zero-order valence-electron chi connectivity index (χ0n) is 13.4. The number of nitrogens with zero attached hydrogens (tertiary/aromatic N) is 2. The second-order valence-electron chi connectivity index (χ2n) is 5.14. The lowest BCUT2D eigenvalue weighted by molar-refractivity contribution is 0.486. The first-order chi connectivity index (χ1) is 10.2. The molecule has 2 aromatic rings. The molecule has 0 aliphatic carbocycles. The minimum absolute atomic E-state index is 0. The van der Waals surface area contributed by atoms with E-state index >= 15 is 0 Å². The van der Waals surface area contributed by atoms with Gasteiger partial charge in [-0.2, -0.15) is 0 Å². The number of aryl methyl sites for hydroxylation is 1. The quantitative estimate of drug-likeness (QED) is 0.443. The Bertz CT molecular complexity index is 581. The molecule has 1 N–H and O–H groups in total. The van der Waals surface area contributed by atoms with Crippen LogP contribution in [0.15, 0.2) is 46.8 Å². The first-order valence-electron chi connectivity index (χ1n) is 7.19. The number of nitrogens with one attached hydrogen (secondary N) is 1. The number of likely N-dealkylation sites (N-methyl/N-ethyl adjacent to an activating group) is 1. The topological polar surface area (TPSA) is 27.6 Å². The van der Waals surface area contributed by atoms with E-state index in [1.807, 2.05) is 18.4 Å². The molecule has 5 heteroatoms. The molecule has 22 heavy (non-hydrogen) atoms. The zero-order chi connectivity index (χ0) is 15.1. The fraction of sp³-hybridized carbons (Fsp3) is 0.353. The van der Waals surface area contributed by atoms with Crippen molar-refractivity contribution in [3.8, 4) is 0 Å². The van der Waals surface area contributed by atoms with E-state index in [1.165, 1.54) is 16.0 Å². The molecule has 120 valence electrons. The summed E-state index contributed by atoms with van der Waals surface area (Å²) in [5.41, 5.74) is 2.57. The van der Waals surface area contributed by atoms with E-state index in [-0.39, 0.29) is 24.0 Å². The minimum atomic E-state index is 0. The molecule has 0 aliphatic heterocycles. The molecule has 0 fully saturated rings. The maximum Gasteiger partial charge on any atom is 0.193 e. The van der Waals surface area contributed by atoms with E-state index in [4.69, 9.17) is 0 Å². The van der Waals surface area contributed by atoms with E-state index in [9.17, 15) is 0 Å². The third kappa shape index (κ3) is 5.96. The van der Waals surface area contributed by atoms with E-state index < -0.39 is 0 Å². The Hall–Kier alpha value is -1.08. The molecule has 1 aromatic carbocycles. The minimum Gasteiger partial charge on any atom is -0.352 e. The van der Waals surface area contributed by atoms with Gasteiger partial charge >= 0.3 is 0 Å². The van der Waals surface area contributed by atoms with Crippen molar-refractivity contribution in [3.63, 3.8) is 0 Å². The lowest BCUT2D eigenvalue weighted by Crippen LogP contribution is -2.39. The van der Waals surface area contributed by atoms with Crippen molar-refractivity contribution in [2.45, 2.75) is 19.9 Å². The third-order valence-corrected chi connectivity index (χ3v) is 4.32. The van der Waals surface area contributed by atoms with Crippen molar-refractivity contribution < 1.29 is 0 Å². The Morgan fingerprint density at radius 3 is 2.73 bits per heavy atom. The van der Waals surface area contributed by atoms with Gasteiger partial charge in [-0.05, 0) is 30.4 Å². The van der Waals surface area contributed by atoms with Crippen molar-refractivity contribution in [2.75, 3.05) is 20.6 Å². The van der Waals surface area contributed by atoms with E-state index in [0.29, 0.717) is 0 Å². The maximum atomic E-state index is 4.36. The van der Waals surface area contributed by atoms with Crippen molar-refractivity contribution in [2.24, 2.45) is 4.99 Å². The number of benzene rings is 1. The molecule has 0 saturated heterocycles. The summed E-state index contributed by atoms with van der Waals surface area (Å²) in [6, 6.07) is 12.8. The number of hydrogen-bond donors (Lipinski definition) is 1. The number of guanidine groups is 1. The zero-order valence-corrected chi connectivity index (χ0v) is 16.5. The average Bonchev–Trinajstić information content (AvgIpc) is 2.99. The summed E-state index contributed by atoms with van der Waals surface area (Å²) in [6.45, 7) is 3.89. The number of aliphatic imine (C=N–C) groups is 1. The van der Waals surface area contributed by atoms with Gasteiger partial charge in [-0.1, -0.05) is 35.9 Å². The molecule has 1 aromatic heterocycles. The molecule has 0 radical (unpaired) electrons. The van der Waals surface area contributed by atoms with Crippen molar-refractivity contribution in [1.82, 2.24) is 10.2 Å². The van der Waals surface area contributed by atoms with Crippen LogP contribution in [0.3, 0.4) is 0 Å². The molecule has 2 rings (SSSR count). The molecule has 3 nitrogen and oxygen atoms in total. The fourth-order valence-corrected chi connectivity index (χ4v) is 2.92. The van der Waals surface area contributed by atoms with Crippen molar-refractivity contribution >= 4 is 41.3 Å². The highest BCUT2D eigenvalue weighted by atomic mass is 127. The fourth-order valence-electron chi connectivity index (χ4n) is 2.23. The van der Waals surface area contributed by atoms with Gasteiger partial charge in [0.2, 0.25) is 0 Å². The lowest BCUT2D eigenvalue weighted by atomic mass is 10.1. The lowest BCUT2D eigenvalue weighted by Gasteiger charge is -2.22. The van der Waals surface area contributed by atoms with Gasteiger partial charge in [0, 0.05) is 32.1 Å². The Kier molecular flexibility index (Phi) is 8.48. The normalized spacial score (nSPS) is 11.0. The molecule has 0 atom stereocenters. The number of thiophene rings is 1. The smallest absolute Gasteiger partial charge is 0.193 e. The van der Waals surface area contributed by atoms with Crippen molar-refractivity contribution in [1.29, 1.82) is 0 Å². The second-order valence-corrected chi connectivity index (χ2v) is 6.17. The molecule has 0 spiro atoms. The monoisotopic (exact) mass is 429 g/mol. The summed E-state index contributed by atoms with van der Waals surface area (Å²) < 4.78 is 0. The first kappa shape index (κ1) is 19.0. The Balaban J connectivity index is 0.00000242. The molecule has 0 bridgehead atoms. The standard InChI is InChI=1S/C17H23N3S.HI/c1-14-6-4-7-15(12-14)13-19-17(18-2)20(3)10-9-16-8-5-11-21-16;/h4-8,11-12H,9-10,13H2,1-3H3,(H,18,19);1H. The summed E-state index contributed by atoms with van der Waals surface area (Å²) in [7, 11) is 3.92. The Labute approximate surface area is 154 Å². The highest BCUT2D eigenvalue weighted by Gasteiger charge is 2.06. The summed E-state index contributed by atoms with van der Waals surface area (Å²) in [4.78, 5) is 7.95. The van der Waals surface area contributed by atoms with Crippen LogP contribution >= 0.6 is 35.3 Å². The SMILES string of the molecule is CN=C(NCc1cccc(C)c1)N(C)CCc1cccs1.I. The molecule has 0 unspecified atom stereocenters. The van der Waals surface area contributed by atoms with Crippen LogP contribution < -0.4 is 5.32 Å². The van der Waals surface area contributed by atoms with Gasteiger partial charge < -0.3 is 10.2 Å². The largest absolute Gasteiger partial charge is 0.352 e. The summed E-state index contributed by atoms with van der Waals surface area (Å²) in [6.07, 6.45) is 1.05. The molecule has 0 amide bonds. The van der Waals surface area contributed by atoms with E-state index in [0.717, 1.165) is 25.5 Å². The highest BCUT2D eigenvalue weighted by Crippen LogP contribution is 2.09. The Morgan fingerprint density at radius 1 is 1.27 bits per heavy atom. The maximum absolute atomic E-state index is 4.36. The van der Waals surface area contributed by atoms with Gasteiger partial charge in [0.1, 0.15) is 0 Å². The van der Waals surface area contributed by atoms with Crippen LogP contribution in [0.25, 0.3) is 0 Å². The van der Waals surface area contributed by atoms with Crippen LogP contribution in [0.5, 0.6) is 0 Å². The van der Waals surface area contributed by atoms with E-state index in [1.54, 1.807) is 0 Å². The predicted octanol–water partition coefficient (Wildman–Crippen LogP) is 3.92. The summed E-state index contributed by atoms with van der Waals surface area (Å²) in [5, 5.41) is 5.55. The van der Waals surface area contributed by atoms with Gasteiger partial charge in [0.05, 0.1) is 0 Å². The number of rotatable bonds is 5. The molecular formula is C17H24IN3S. The second kappa shape index (κ2) is 9.84. The van der Waals surface area contributed by atoms with Gasteiger partial charge in [-0.3, -0.25) is 4.99 Å². The number of halogens is 1. The highest BCUT2D eigenvalue weighted by molar-refractivity contribution is 14.0. The molecular weight excluding hydrogens is 405 g/mol. The van der Waals surface area contributed by atoms with Gasteiger partial charge in [0.15, 0.2) is 5.96 Å². The van der Waals surface area contributed by atoms with Crippen LogP contribution in [0, 0.1) is 6.92 Å². The van der Waals surface area contributed by atoms with Crippen LogP contribution in [-0.4, -0.2) is 31.5 Å². The van der Waals surface area contributed by atoms with Crippen LogP contribution in [0.2, 0.25) is 0 Å². The van der Waals surface area contributed by atoms with E-state index in [2.05, 4.69) is 71.0 Å². The third-order valence-electron chi connectivity index (χ3n) is 3.38. The van der Waals surface area contributed by atoms with Crippen LogP contribution in [0.4, 0.5) is 0 Å². The molecule has 0 saturated carbocycles. The Morgan fingerprint density at radius 2 is 2.09 bits per heavy atom.